The molecule has 5 nitrogen and oxygen atoms in total. The molecule has 128 valence electrons. The SMILES string of the molecule is COc1cc(C(C)NC(=O)C2CCCNC2)ccc1OC(C)C. The highest BCUT2D eigenvalue weighted by Crippen LogP contribution is 2.31. The highest BCUT2D eigenvalue weighted by molar-refractivity contribution is 5.79. The number of hydrogen-bond donors (Lipinski definition) is 2. The molecule has 1 fully saturated rings. The van der Waals surface area contributed by atoms with E-state index in [9.17, 15) is 4.79 Å². The Hall–Kier alpha value is -1.75. The first-order chi connectivity index (χ1) is 11.0. The normalized spacial score (nSPS) is 19.3. The molecular formula is C18H28N2O3. The fraction of sp³-hybridized carbons (Fsp3) is 0.611. The van der Waals surface area contributed by atoms with E-state index in [4.69, 9.17) is 9.47 Å². The number of nitrogens with one attached hydrogen (secondary N) is 2. The number of piperidine rings is 1. The van der Waals surface area contributed by atoms with Crippen molar-refractivity contribution >= 4 is 5.91 Å². The summed E-state index contributed by atoms with van der Waals surface area (Å²) < 4.78 is 11.1. The molecule has 0 spiro atoms. The van der Waals surface area contributed by atoms with Gasteiger partial charge in [0.1, 0.15) is 0 Å². The van der Waals surface area contributed by atoms with Gasteiger partial charge in [0.25, 0.3) is 0 Å². The number of benzene rings is 1. The molecule has 2 rings (SSSR count). The Bertz CT molecular complexity index is 525. The summed E-state index contributed by atoms with van der Waals surface area (Å²) in [6.45, 7) is 7.73. The standard InChI is InChI=1S/C18H28N2O3/c1-12(2)23-16-8-7-14(10-17(16)22-4)13(3)20-18(21)15-6-5-9-19-11-15/h7-8,10,12-13,15,19H,5-6,9,11H2,1-4H3,(H,20,21). The van der Waals surface area contributed by atoms with Crippen molar-refractivity contribution in [3.63, 3.8) is 0 Å². The quantitative estimate of drug-likeness (QED) is 0.846. The van der Waals surface area contributed by atoms with E-state index in [2.05, 4.69) is 10.6 Å². The Morgan fingerprint density at radius 1 is 1.30 bits per heavy atom. The molecular weight excluding hydrogens is 292 g/mol. The largest absolute Gasteiger partial charge is 0.493 e. The summed E-state index contributed by atoms with van der Waals surface area (Å²) in [7, 11) is 1.63. The third kappa shape index (κ3) is 4.86. The Morgan fingerprint density at radius 2 is 2.09 bits per heavy atom. The van der Waals surface area contributed by atoms with Crippen LogP contribution in [-0.4, -0.2) is 32.2 Å². The van der Waals surface area contributed by atoms with Gasteiger partial charge in [-0.2, -0.15) is 0 Å². The van der Waals surface area contributed by atoms with Crippen molar-refractivity contribution in [3.05, 3.63) is 23.8 Å². The van der Waals surface area contributed by atoms with Crippen molar-refractivity contribution in [1.29, 1.82) is 0 Å². The summed E-state index contributed by atoms with van der Waals surface area (Å²) in [5.41, 5.74) is 1.01. The number of ether oxygens (including phenoxy) is 2. The predicted octanol–water partition coefficient (Wildman–Crippen LogP) is 2.66. The minimum atomic E-state index is -0.0635. The van der Waals surface area contributed by atoms with E-state index in [0.717, 1.165) is 37.2 Å². The lowest BCUT2D eigenvalue weighted by atomic mass is 9.98. The van der Waals surface area contributed by atoms with Crippen LogP contribution >= 0.6 is 0 Å². The third-order valence-electron chi connectivity index (χ3n) is 4.08. The summed E-state index contributed by atoms with van der Waals surface area (Å²) in [4.78, 5) is 12.3. The number of methoxy groups -OCH3 is 1. The van der Waals surface area contributed by atoms with Gasteiger partial charge in [0.2, 0.25) is 5.91 Å². The molecule has 0 bridgehead atoms. The van der Waals surface area contributed by atoms with Crippen LogP contribution in [0.15, 0.2) is 18.2 Å². The van der Waals surface area contributed by atoms with Gasteiger partial charge in [-0.1, -0.05) is 6.07 Å². The van der Waals surface area contributed by atoms with Gasteiger partial charge in [-0.3, -0.25) is 4.79 Å². The lowest BCUT2D eigenvalue weighted by Gasteiger charge is -2.24. The van der Waals surface area contributed by atoms with Crippen molar-refractivity contribution < 1.29 is 14.3 Å². The summed E-state index contributed by atoms with van der Waals surface area (Å²) in [6, 6.07) is 5.75. The van der Waals surface area contributed by atoms with Gasteiger partial charge in [-0.05, 0) is 57.9 Å². The Kier molecular flexibility index (Phi) is 6.28. The molecule has 0 aromatic heterocycles. The summed E-state index contributed by atoms with van der Waals surface area (Å²) in [6.07, 6.45) is 2.10. The third-order valence-corrected chi connectivity index (χ3v) is 4.08. The maximum atomic E-state index is 12.3. The van der Waals surface area contributed by atoms with Gasteiger partial charge < -0.3 is 20.1 Å². The monoisotopic (exact) mass is 320 g/mol. The fourth-order valence-electron chi connectivity index (χ4n) is 2.79. The second kappa shape index (κ2) is 8.20. The van der Waals surface area contributed by atoms with E-state index in [-0.39, 0.29) is 24.0 Å². The molecule has 1 aromatic carbocycles. The summed E-state index contributed by atoms with van der Waals surface area (Å²) >= 11 is 0. The fourth-order valence-corrected chi connectivity index (χ4v) is 2.79. The first-order valence-electron chi connectivity index (χ1n) is 8.37. The number of carbonyl (C=O) groups excluding carboxylic acids is 1. The summed E-state index contributed by atoms with van der Waals surface area (Å²) in [5.74, 6) is 1.60. The first-order valence-corrected chi connectivity index (χ1v) is 8.37. The predicted molar refractivity (Wildman–Crippen MR) is 90.9 cm³/mol. The first kappa shape index (κ1) is 17.6. The van der Waals surface area contributed by atoms with E-state index < -0.39 is 0 Å². The van der Waals surface area contributed by atoms with Crippen molar-refractivity contribution in [3.8, 4) is 11.5 Å². The van der Waals surface area contributed by atoms with Crippen molar-refractivity contribution in [2.45, 2.75) is 45.8 Å². The average molecular weight is 320 g/mol. The molecule has 0 radical (unpaired) electrons. The van der Waals surface area contributed by atoms with Crippen LogP contribution in [-0.2, 0) is 4.79 Å². The number of carbonyl (C=O) groups is 1. The van der Waals surface area contributed by atoms with Gasteiger partial charge in [0, 0.05) is 6.54 Å². The second-order valence-electron chi connectivity index (χ2n) is 6.35. The van der Waals surface area contributed by atoms with E-state index in [1.54, 1.807) is 7.11 Å². The second-order valence-corrected chi connectivity index (χ2v) is 6.35. The van der Waals surface area contributed by atoms with Crippen LogP contribution in [0.5, 0.6) is 11.5 Å². The number of rotatable bonds is 6. The minimum Gasteiger partial charge on any atom is -0.493 e. The van der Waals surface area contributed by atoms with Gasteiger partial charge in [0.15, 0.2) is 11.5 Å². The van der Waals surface area contributed by atoms with Crippen molar-refractivity contribution in [2.24, 2.45) is 5.92 Å². The molecule has 2 unspecified atom stereocenters. The molecule has 1 amide bonds. The van der Waals surface area contributed by atoms with Crippen LogP contribution < -0.4 is 20.1 Å². The van der Waals surface area contributed by atoms with Crippen LogP contribution in [0.3, 0.4) is 0 Å². The molecule has 2 atom stereocenters. The number of hydrogen-bond acceptors (Lipinski definition) is 4. The molecule has 0 saturated carbocycles. The topological polar surface area (TPSA) is 59.6 Å². The highest BCUT2D eigenvalue weighted by Gasteiger charge is 2.22. The zero-order valence-corrected chi connectivity index (χ0v) is 14.5. The minimum absolute atomic E-state index is 0.0635. The van der Waals surface area contributed by atoms with Gasteiger partial charge >= 0.3 is 0 Å². The van der Waals surface area contributed by atoms with Gasteiger partial charge in [0.05, 0.1) is 25.2 Å². The summed E-state index contributed by atoms with van der Waals surface area (Å²) in [5, 5.41) is 6.38. The lowest BCUT2D eigenvalue weighted by Crippen LogP contribution is -2.41. The van der Waals surface area contributed by atoms with E-state index in [1.165, 1.54) is 0 Å². The van der Waals surface area contributed by atoms with Crippen molar-refractivity contribution in [1.82, 2.24) is 10.6 Å². The average Bonchev–Trinajstić information content (AvgIpc) is 2.55. The lowest BCUT2D eigenvalue weighted by molar-refractivity contribution is -0.126. The zero-order chi connectivity index (χ0) is 16.8. The zero-order valence-electron chi connectivity index (χ0n) is 14.5. The number of amides is 1. The van der Waals surface area contributed by atoms with Crippen LogP contribution in [0.1, 0.15) is 45.2 Å². The Balaban J connectivity index is 2.03. The molecule has 1 aliphatic heterocycles. The molecule has 2 N–H and O–H groups in total. The van der Waals surface area contributed by atoms with E-state index >= 15 is 0 Å². The van der Waals surface area contributed by atoms with Crippen LogP contribution in [0.25, 0.3) is 0 Å². The van der Waals surface area contributed by atoms with Crippen LogP contribution in [0.4, 0.5) is 0 Å². The highest BCUT2D eigenvalue weighted by atomic mass is 16.5. The molecule has 1 aliphatic rings. The Morgan fingerprint density at radius 3 is 2.70 bits per heavy atom. The molecule has 1 aromatic rings. The Labute approximate surface area is 138 Å². The van der Waals surface area contributed by atoms with Gasteiger partial charge in [-0.25, -0.2) is 0 Å². The van der Waals surface area contributed by atoms with E-state index in [1.807, 2.05) is 39.0 Å². The molecule has 23 heavy (non-hydrogen) atoms. The van der Waals surface area contributed by atoms with Gasteiger partial charge in [-0.15, -0.1) is 0 Å². The molecule has 1 heterocycles. The smallest absolute Gasteiger partial charge is 0.224 e. The molecule has 5 heteroatoms. The maximum Gasteiger partial charge on any atom is 0.224 e. The maximum absolute atomic E-state index is 12.3. The molecule has 0 aliphatic carbocycles. The van der Waals surface area contributed by atoms with Crippen LogP contribution in [0.2, 0.25) is 0 Å². The van der Waals surface area contributed by atoms with E-state index in [0.29, 0.717) is 5.75 Å². The van der Waals surface area contributed by atoms with Crippen LogP contribution in [0, 0.1) is 5.92 Å². The molecule has 1 saturated heterocycles. The van der Waals surface area contributed by atoms with Crippen molar-refractivity contribution in [2.75, 3.05) is 20.2 Å².